The molecule has 0 saturated carbocycles. The van der Waals surface area contributed by atoms with Crippen molar-refractivity contribution in [1.82, 2.24) is 0 Å². The fourth-order valence-electron chi connectivity index (χ4n) is 1.70. The zero-order chi connectivity index (χ0) is 13.8. The number of nitrogens with two attached hydrogens (primary N) is 1. The highest BCUT2D eigenvalue weighted by Crippen LogP contribution is 2.30. The molecule has 0 saturated heterocycles. The molecule has 100 valence electrons. The molecular weight excluding hydrogens is 309 g/mol. The summed E-state index contributed by atoms with van der Waals surface area (Å²) in [6.45, 7) is 2.04. The van der Waals surface area contributed by atoms with Gasteiger partial charge in [0.15, 0.2) is 0 Å². The average Bonchev–Trinajstić information content (AvgIpc) is 2.43. The van der Waals surface area contributed by atoms with Gasteiger partial charge in [-0.15, -0.1) is 0 Å². The van der Waals surface area contributed by atoms with Gasteiger partial charge in [0, 0.05) is 12.1 Å². The van der Waals surface area contributed by atoms with Crippen LogP contribution in [0.25, 0.3) is 0 Å². The van der Waals surface area contributed by atoms with E-state index in [1.165, 1.54) is 12.1 Å². The minimum atomic E-state index is -0.331. The second-order valence-electron chi connectivity index (χ2n) is 4.26. The topological polar surface area (TPSA) is 35.2 Å². The summed E-state index contributed by atoms with van der Waals surface area (Å²) < 4.78 is 19.5. The molecule has 0 radical (unpaired) electrons. The van der Waals surface area contributed by atoms with Crippen molar-refractivity contribution in [2.24, 2.45) is 5.73 Å². The van der Waals surface area contributed by atoms with E-state index in [0.29, 0.717) is 16.0 Å². The van der Waals surface area contributed by atoms with Crippen LogP contribution in [0.1, 0.15) is 24.9 Å². The number of benzene rings is 2. The average molecular weight is 324 g/mol. The van der Waals surface area contributed by atoms with Crippen molar-refractivity contribution in [2.45, 2.75) is 19.4 Å². The lowest BCUT2D eigenvalue weighted by Gasteiger charge is -2.11. The van der Waals surface area contributed by atoms with E-state index in [2.05, 4.69) is 15.9 Å². The molecule has 0 aliphatic carbocycles. The van der Waals surface area contributed by atoms with Crippen molar-refractivity contribution in [2.75, 3.05) is 0 Å². The number of rotatable bonds is 4. The molecule has 0 aliphatic heterocycles. The fraction of sp³-hybridized carbons (Fsp3) is 0.200. The molecule has 0 unspecified atom stereocenters. The summed E-state index contributed by atoms with van der Waals surface area (Å²) in [4.78, 5) is 0. The van der Waals surface area contributed by atoms with Gasteiger partial charge in [0.1, 0.15) is 17.3 Å². The van der Waals surface area contributed by atoms with Crippen molar-refractivity contribution in [3.63, 3.8) is 0 Å². The van der Waals surface area contributed by atoms with Gasteiger partial charge in [-0.05, 0) is 52.2 Å². The van der Waals surface area contributed by atoms with E-state index in [1.54, 1.807) is 6.07 Å². The van der Waals surface area contributed by atoms with E-state index in [9.17, 15) is 4.39 Å². The molecule has 0 aromatic heterocycles. The molecule has 0 aliphatic rings. The van der Waals surface area contributed by atoms with Gasteiger partial charge < -0.3 is 10.5 Å². The highest BCUT2D eigenvalue weighted by atomic mass is 79.9. The van der Waals surface area contributed by atoms with Crippen LogP contribution < -0.4 is 10.5 Å². The van der Waals surface area contributed by atoms with E-state index in [1.807, 2.05) is 31.2 Å². The van der Waals surface area contributed by atoms with E-state index in [0.717, 1.165) is 12.0 Å². The Morgan fingerprint density at radius 2 is 1.89 bits per heavy atom. The van der Waals surface area contributed by atoms with Crippen molar-refractivity contribution in [3.8, 4) is 11.5 Å². The quantitative estimate of drug-likeness (QED) is 0.877. The largest absolute Gasteiger partial charge is 0.456 e. The molecule has 2 rings (SSSR count). The van der Waals surface area contributed by atoms with Crippen LogP contribution in [0.15, 0.2) is 46.9 Å². The van der Waals surface area contributed by atoms with Gasteiger partial charge >= 0.3 is 0 Å². The molecular formula is C15H15BrFNO. The van der Waals surface area contributed by atoms with E-state index < -0.39 is 0 Å². The first-order valence-electron chi connectivity index (χ1n) is 6.08. The molecule has 2 N–H and O–H groups in total. The maximum absolute atomic E-state index is 13.1. The predicted molar refractivity (Wildman–Crippen MR) is 77.8 cm³/mol. The predicted octanol–water partition coefficient (Wildman–Crippen LogP) is 4.79. The van der Waals surface area contributed by atoms with E-state index in [-0.39, 0.29) is 11.9 Å². The first-order valence-corrected chi connectivity index (χ1v) is 6.88. The van der Waals surface area contributed by atoms with Gasteiger partial charge in [-0.25, -0.2) is 4.39 Å². The van der Waals surface area contributed by atoms with Crippen LogP contribution in [0.3, 0.4) is 0 Å². The summed E-state index contributed by atoms with van der Waals surface area (Å²) >= 11 is 3.33. The Balaban J connectivity index is 2.17. The standard InChI is InChI=1S/C15H15BrFNO/c1-2-14(18)10-3-6-12(7-4-10)19-15-9-11(17)5-8-13(15)16/h3-9,14H,2,18H2,1H3/t14-/m0/s1. The maximum Gasteiger partial charge on any atom is 0.144 e. The lowest BCUT2D eigenvalue weighted by atomic mass is 10.1. The molecule has 0 spiro atoms. The molecule has 2 nitrogen and oxygen atoms in total. The Hall–Kier alpha value is -1.39. The molecule has 19 heavy (non-hydrogen) atoms. The van der Waals surface area contributed by atoms with Gasteiger partial charge in [-0.3, -0.25) is 0 Å². The lowest BCUT2D eigenvalue weighted by Crippen LogP contribution is -2.08. The number of ether oxygens (including phenoxy) is 1. The maximum atomic E-state index is 13.1. The van der Waals surface area contributed by atoms with Crippen molar-refractivity contribution in [3.05, 3.63) is 58.3 Å². The molecule has 1 atom stereocenters. The van der Waals surface area contributed by atoms with Gasteiger partial charge in [-0.2, -0.15) is 0 Å². The van der Waals surface area contributed by atoms with E-state index in [4.69, 9.17) is 10.5 Å². The van der Waals surface area contributed by atoms with Crippen LogP contribution in [0.5, 0.6) is 11.5 Å². The Kier molecular flexibility index (Phi) is 4.56. The molecule has 0 bridgehead atoms. The first kappa shape index (κ1) is 14.0. The fourth-order valence-corrected chi connectivity index (χ4v) is 2.03. The third-order valence-electron chi connectivity index (χ3n) is 2.87. The number of hydrogen-bond acceptors (Lipinski definition) is 2. The molecule has 2 aromatic carbocycles. The Morgan fingerprint density at radius 1 is 1.21 bits per heavy atom. The second-order valence-corrected chi connectivity index (χ2v) is 5.11. The smallest absolute Gasteiger partial charge is 0.144 e. The molecule has 4 heteroatoms. The molecule has 0 fully saturated rings. The van der Waals surface area contributed by atoms with Gasteiger partial charge in [-0.1, -0.05) is 19.1 Å². The number of halogens is 2. The molecule has 0 amide bonds. The molecule has 2 aromatic rings. The highest BCUT2D eigenvalue weighted by molar-refractivity contribution is 9.10. The lowest BCUT2D eigenvalue weighted by molar-refractivity contribution is 0.473. The Bertz CT molecular complexity index is 557. The van der Waals surface area contributed by atoms with Gasteiger partial charge in [0.2, 0.25) is 0 Å². The SMILES string of the molecule is CC[C@H](N)c1ccc(Oc2cc(F)ccc2Br)cc1. The Labute approximate surface area is 120 Å². The van der Waals surface area contributed by atoms with Gasteiger partial charge in [0.05, 0.1) is 4.47 Å². The van der Waals surface area contributed by atoms with Crippen LogP contribution in [0.4, 0.5) is 4.39 Å². The zero-order valence-electron chi connectivity index (χ0n) is 10.6. The van der Waals surface area contributed by atoms with Crippen LogP contribution in [0.2, 0.25) is 0 Å². The van der Waals surface area contributed by atoms with Crippen LogP contribution in [0, 0.1) is 5.82 Å². The third kappa shape index (κ3) is 3.55. The minimum absolute atomic E-state index is 0.0370. The monoisotopic (exact) mass is 323 g/mol. The summed E-state index contributed by atoms with van der Waals surface area (Å²) in [5, 5.41) is 0. The minimum Gasteiger partial charge on any atom is -0.456 e. The first-order chi connectivity index (χ1) is 9.10. The molecule has 0 heterocycles. The van der Waals surface area contributed by atoms with Crippen molar-refractivity contribution >= 4 is 15.9 Å². The third-order valence-corrected chi connectivity index (χ3v) is 3.52. The van der Waals surface area contributed by atoms with Crippen molar-refractivity contribution in [1.29, 1.82) is 0 Å². The number of hydrogen-bond donors (Lipinski definition) is 1. The summed E-state index contributed by atoms with van der Waals surface area (Å²) in [6.07, 6.45) is 0.885. The normalized spacial score (nSPS) is 12.2. The zero-order valence-corrected chi connectivity index (χ0v) is 12.2. The summed E-state index contributed by atoms with van der Waals surface area (Å²) in [5.41, 5.74) is 7.01. The van der Waals surface area contributed by atoms with Crippen molar-refractivity contribution < 1.29 is 9.13 Å². The van der Waals surface area contributed by atoms with Crippen LogP contribution in [-0.2, 0) is 0 Å². The van der Waals surface area contributed by atoms with Gasteiger partial charge in [0.25, 0.3) is 0 Å². The van der Waals surface area contributed by atoms with Crippen LogP contribution in [-0.4, -0.2) is 0 Å². The highest BCUT2D eigenvalue weighted by Gasteiger charge is 2.06. The summed E-state index contributed by atoms with van der Waals surface area (Å²) in [7, 11) is 0. The second kappa shape index (κ2) is 6.17. The Morgan fingerprint density at radius 3 is 2.53 bits per heavy atom. The summed E-state index contributed by atoms with van der Waals surface area (Å²) in [6, 6.07) is 11.9. The van der Waals surface area contributed by atoms with E-state index >= 15 is 0 Å². The van der Waals surface area contributed by atoms with Crippen LogP contribution >= 0.6 is 15.9 Å². The summed E-state index contributed by atoms with van der Waals surface area (Å²) in [5.74, 6) is 0.772.